The molecule has 2 saturated carbocycles. The molecule has 0 aliphatic heterocycles. The molecule has 7 heteroatoms. The summed E-state index contributed by atoms with van der Waals surface area (Å²) in [6, 6.07) is 5.17. The number of benzene rings is 1. The Kier molecular flexibility index (Phi) is 8.39. The van der Waals surface area contributed by atoms with Crippen molar-refractivity contribution in [3.63, 3.8) is 0 Å². The monoisotopic (exact) mass is 440 g/mol. The Morgan fingerprint density at radius 2 is 2.03 bits per heavy atom. The van der Waals surface area contributed by atoms with Gasteiger partial charge in [-0.05, 0) is 55.2 Å². The molecule has 3 rings (SSSR count). The van der Waals surface area contributed by atoms with Crippen molar-refractivity contribution in [3.8, 4) is 5.75 Å². The minimum atomic E-state index is -0.892. The van der Waals surface area contributed by atoms with Gasteiger partial charge in [0.05, 0.1) is 17.2 Å². The fraction of sp³-hybridized carbons (Fsp3) is 0.682. The maximum atomic E-state index is 12.8. The molecule has 1 amide bonds. The topological polar surface area (TPSA) is 81.4 Å². The smallest absolute Gasteiger partial charge is 0.252 e. The lowest BCUT2D eigenvalue weighted by Crippen LogP contribution is -2.43. The van der Waals surface area contributed by atoms with Crippen LogP contribution in [0, 0.1) is 11.3 Å². The van der Waals surface area contributed by atoms with Crippen LogP contribution in [0.15, 0.2) is 18.2 Å². The van der Waals surface area contributed by atoms with E-state index in [4.69, 9.17) is 22.1 Å². The van der Waals surface area contributed by atoms with E-state index in [9.17, 15) is 9.00 Å². The Bertz CT molecular complexity index is 718. The SMILES string of the molecule is NCCS(=O)CCCOc1ccc(Cl)c(C(=O)NCC23CCCC(CCC2)C3)c1. The van der Waals surface area contributed by atoms with Crippen molar-refractivity contribution in [2.24, 2.45) is 17.1 Å². The van der Waals surface area contributed by atoms with Crippen molar-refractivity contribution in [2.45, 2.75) is 51.4 Å². The minimum Gasteiger partial charge on any atom is -0.494 e. The third-order valence-corrected chi connectivity index (χ3v) is 8.06. The molecule has 0 saturated heterocycles. The Morgan fingerprint density at radius 3 is 2.76 bits per heavy atom. The van der Waals surface area contributed by atoms with Gasteiger partial charge in [-0.25, -0.2) is 0 Å². The molecule has 5 nitrogen and oxygen atoms in total. The van der Waals surface area contributed by atoms with E-state index < -0.39 is 10.8 Å². The number of fused-ring (bicyclic) bond motifs is 2. The molecule has 0 spiro atoms. The lowest BCUT2D eigenvalue weighted by atomic mass is 9.62. The van der Waals surface area contributed by atoms with Crippen LogP contribution in [0.3, 0.4) is 0 Å². The number of amides is 1. The fourth-order valence-electron chi connectivity index (χ4n) is 4.84. The molecule has 2 bridgehead atoms. The molecular weight excluding hydrogens is 408 g/mol. The van der Waals surface area contributed by atoms with Crippen LogP contribution in [0.25, 0.3) is 0 Å². The first-order valence-electron chi connectivity index (χ1n) is 10.8. The number of ether oxygens (including phenoxy) is 1. The zero-order valence-corrected chi connectivity index (χ0v) is 18.7. The van der Waals surface area contributed by atoms with E-state index in [2.05, 4.69) is 5.32 Å². The second-order valence-corrected chi connectivity index (χ2v) is 10.6. The number of halogens is 1. The van der Waals surface area contributed by atoms with Crippen molar-refractivity contribution in [1.82, 2.24) is 5.32 Å². The molecule has 2 aliphatic carbocycles. The molecule has 29 heavy (non-hydrogen) atoms. The largest absolute Gasteiger partial charge is 0.494 e. The Balaban J connectivity index is 1.52. The van der Waals surface area contributed by atoms with Crippen molar-refractivity contribution in [1.29, 1.82) is 0 Å². The first-order chi connectivity index (χ1) is 14.0. The van der Waals surface area contributed by atoms with Crippen molar-refractivity contribution >= 4 is 28.3 Å². The predicted molar refractivity (Wildman–Crippen MR) is 119 cm³/mol. The number of hydrogen-bond donors (Lipinski definition) is 2. The van der Waals surface area contributed by atoms with Crippen molar-refractivity contribution in [3.05, 3.63) is 28.8 Å². The van der Waals surface area contributed by atoms with Gasteiger partial charge in [-0.2, -0.15) is 0 Å². The van der Waals surface area contributed by atoms with Crippen LogP contribution in [-0.2, 0) is 10.8 Å². The van der Waals surface area contributed by atoms with Gasteiger partial charge < -0.3 is 15.8 Å². The molecular formula is C22H33ClN2O3S. The molecule has 3 N–H and O–H groups in total. The summed E-state index contributed by atoms with van der Waals surface area (Å²) in [5.41, 5.74) is 6.14. The van der Waals surface area contributed by atoms with E-state index in [1.807, 2.05) is 0 Å². The van der Waals surface area contributed by atoms with Gasteiger partial charge in [0.2, 0.25) is 0 Å². The van der Waals surface area contributed by atoms with Crippen LogP contribution in [0.2, 0.25) is 5.02 Å². The lowest BCUT2D eigenvalue weighted by molar-refractivity contribution is 0.0681. The fourth-order valence-corrected chi connectivity index (χ4v) is 5.96. The predicted octanol–water partition coefficient (Wildman–Crippen LogP) is 3.91. The van der Waals surface area contributed by atoms with E-state index in [1.165, 1.54) is 44.9 Å². The summed E-state index contributed by atoms with van der Waals surface area (Å²) in [4.78, 5) is 12.8. The van der Waals surface area contributed by atoms with Gasteiger partial charge in [0.15, 0.2) is 0 Å². The zero-order valence-electron chi connectivity index (χ0n) is 17.1. The van der Waals surface area contributed by atoms with Gasteiger partial charge >= 0.3 is 0 Å². The number of carbonyl (C=O) groups excluding carboxylic acids is 1. The van der Waals surface area contributed by atoms with E-state index in [-0.39, 0.29) is 11.3 Å². The van der Waals surface area contributed by atoms with Gasteiger partial charge in [0.25, 0.3) is 5.91 Å². The summed E-state index contributed by atoms with van der Waals surface area (Å²) in [5.74, 6) is 2.41. The van der Waals surface area contributed by atoms with Crippen LogP contribution in [0.1, 0.15) is 61.7 Å². The van der Waals surface area contributed by atoms with Gasteiger partial charge in [-0.3, -0.25) is 9.00 Å². The second-order valence-electron chi connectivity index (χ2n) is 8.52. The van der Waals surface area contributed by atoms with Gasteiger partial charge in [0, 0.05) is 35.4 Å². The summed E-state index contributed by atoms with van der Waals surface area (Å²) >= 11 is 6.28. The zero-order chi connectivity index (χ0) is 20.7. The van der Waals surface area contributed by atoms with Crippen LogP contribution in [-0.4, -0.2) is 41.3 Å². The Labute approximate surface area is 181 Å². The van der Waals surface area contributed by atoms with Gasteiger partial charge in [-0.1, -0.05) is 37.3 Å². The van der Waals surface area contributed by atoms with Crippen molar-refractivity contribution < 1.29 is 13.7 Å². The summed E-state index contributed by atoms with van der Waals surface area (Å²) in [7, 11) is -0.892. The van der Waals surface area contributed by atoms with Crippen LogP contribution < -0.4 is 15.8 Å². The van der Waals surface area contributed by atoms with Crippen LogP contribution >= 0.6 is 11.6 Å². The molecule has 0 heterocycles. The van der Waals surface area contributed by atoms with E-state index >= 15 is 0 Å². The van der Waals surface area contributed by atoms with E-state index in [0.29, 0.717) is 47.4 Å². The lowest BCUT2D eigenvalue weighted by Gasteiger charge is -2.45. The molecule has 162 valence electrons. The Morgan fingerprint density at radius 1 is 1.28 bits per heavy atom. The van der Waals surface area contributed by atoms with Crippen LogP contribution in [0.5, 0.6) is 5.75 Å². The van der Waals surface area contributed by atoms with Gasteiger partial charge in [0.1, 0.15) is 5.75 Å². The highest BCUT2D eigenvalue weighted by molar-refractivity contribution is 7.84. The summed E-state index contributed by atoms with van der Waals surface area (Å²) in [5, 5.41) is 3.58. The first kappa shape index (κ1) is 22.6. The number of nitrogens with two attached hydrogens (primary N) is 1. The highest BCUT2D eigenvalue weighted by Gasteiger charge is 2.39. The van der Waals surface area contributed by atoms with Crippen molar-refractivity contribution in [2.75, 3.05) is 31.2 Å². The molecule has 1 atom stereocenters. The molecule has 1 aromatic rings. The summed E-state index contributed by atoms with van der Waals surface area (Å²) in [6.07, 6.45) is 9.61. The standard InChI is InChI=1S/C22H33ClN2O3S/c23-20-7-6-18(28-11-3-12-29(27)13-10-24)14-19(20)21(26)25-16-22-8-1-4-17(15-22)5-2-9-22/h6-7,14,17H,1-5,8-13,15-16,24H2,(H,25,26). The van der Waals surface area contributed by atoms with E-state index in [1.54, 1.807) is 18.2 Å². The van der Waals surface area contributed by atoms with Gasteiger partial charge in [-0.15, -0.1) is 0 Å². The third-order valence-electron chi connectivity index (χ3n) is 6.30. The normalized spacial score (nSPS) is 24.7. The Hall–Kier alpha value is -1.11. The molecule has 2 aliphatic rings. The number of hydrogen-bond acceptors (Lipinski definition) is 4. The third kappa shape index (κ3) is 6.43. The average molecular weight is 441 g/mol. The summed E-state index contributed by atoms with van der Waals surface area (Å²) < 4.78 is 17.4. The highest BCUT2D eigenvalue weighted by atomic mass is 35.5. The maximum absolute atomic E-state index is 12.8. The number of rotatable bonds is 10. The second kappa shape index (κ2) is 10.8. The quantitative estimate of drug-likeness (QED) is 0.540. The molecule has 0 aromatic heterocycles. The first-order valence-corrected chi connectivity index (χ1v) is 12.6. The number of nitrogens with one attached hydrogen (secondary N) is 1. The molecule has 0 radical (unpaired) electrons. The summed E-state index contributed by atoms with van der Waals surface area (Å²) in [6.45, 7) is 1.62. The van der Waals surface area contributed by atoms with E-state index in [0.717, 1.165) is 12.5 Å². The highest BCUT2D eigenvalue weighted by Crippen LogP contribution is 2.48. The number of carbonyl (C=O) groups is 1. The molecule has 1 unspecified atom stereocenters. The molecule has 2 fully saturated rings. The molecule has 1 aromatic carbocycles. The van der Waals surface area contributed by atoms with Crippen LogP contribution in [0.4, 0.5) is 0 Å². The maximum Gasteiger partial charge on any atom is 0.252 e. The average Bonchev–Trinajstić information content (AvgIpc) is 2.71. The minimum absolute atomic E-state index is 0.133.